The van der Waals surface area contributed by atoms with Crippen LogP contribution < -0.4 is 10.1 Å². The normalized spacial score (nSPS) is 11.5. The number of aromatic nitrogens is 1. The van der Waals surface area contributed by atoms with Gasteiger partial charge in [0.1, 0.15) is 0 Å². The summed E-state index contributed by atoms with van der Waals surface area (Å²) in [6.07, 6.45) is -2.97. The van der Waals surface area contributed by atoms with E-state index in [0.29, 0.717) is 19.0 Å². The molecule has 0 bridgehead atoms. The second kappa shape index (κ2) is 11.0. The first-order valence-corrected chi connectivity index (χ1v) is 7.97. The van der Waals surface area contributed by atoms with Gasteiger partial charge in [0.05, 0.1) is 0 Å². The molecular formula is C18H22F3IN4O. The van der Waals surface area contributed by atoms with Crippen molar-refractivity contribution >= 4 is 29.9 Å². The zero-order valence-electron chi connectivity index (χ0n) is 15.0. The highest BCUT2D eigenvalue weighted by molar-refractivity contribution is 14.0. The highest BCUT2D eigenvalue weighted by Crippen LogP contribution is 2.17. The second-order valence-corrected chi connectivity index (χ2v) is 5.65. The summed E-state index contributed by atoms with van der Waals surface area (Å²) in [4.78, 5) is 9.97. The van der Waals surface area contributed by atoms with Gasteiger partial charge in [-0.25, -0.2) is 4.98 Å². The Morgan fingerprint density at radius 2 is 1.89 bits per heavy atom. The monoisotopic (exact) mass is 494 g/mol. The number of halogens is 4. The fourth-order valence-corrected chi connectivity index (χ4v) is 2.29. The van der Waals surface area contributed by atoms with Crippen molar-refractivity contribution in [1.29, 1.82) is 0 Å². The van der Waals surface area contributed by atoms with E-state index in [9.17, 15) is 13.2 Å². The number of nitrogens with one attached hydrogen (secondary N) is 1. The Morgan fingerprint density at radius 3 is 2.52 bits per heavy atom. The first-order chi connectivity index (χ1) is 12.4. The number of guanidine groups is 1. The minimum absolute atomic E-state index is 0. The van der Waals surface area contributed by atoms with Crippen LogP contribution in [0.15, 0.2) is 53.7 Å². The lowest BCUT2D eigenvalue weighted by Crippen LogP contribution is -2.38. The van der Waals surface area contributed by atoms with Gasteiger partial charge >= 0.3 is 6.18 Å². The number of nitrogens with zero attached hydrogens (tertiary/aromatic N) is 3. The van der Waals surface area contributed by atoms with Crippen molar-refractivity contribution in [3.8, 4) is 5.88 Å². The molecule has 0 aliphatic carbocycles. The predicted molar refractivity (Wildman–Crippen MR) is 109 cm³/mol. The average Bonchev–Trinajstić information content (AvgIpc) is 2.61. The maximum absolute atomic E-state index is 12.2. The van der Waals surface area contributed by atoms with Gasteiger partial charge in [0.2, 0.25) is 5.88 Å². The lowest BCUT2D eigenvalue weighted by Gasteiger charge is -2.22. The molecule has 0 atom stereocenters. The number of pyridine rings is 1. The van der Waals surface area contributed by atoms with Crippen LogP contribution in [-0.2, 0) is 13.1 Å². The molecule has 148 valence electrons. The second-order valence-electron chi connectivity index (χ2n) is 5.65. The molecule has 1 N–H and O–H groups in total. The predicted octanol–water partition coefficient (Wildman–Crippen LogP) is 3.85. The molecule has 0 spiro atoms. The van der Waals surface area contributed by atoms with Crippen molar-refractivity contribution in [1.82, 2.24) is 15.2 Å². The van der Waals surface area contributed by atoms with Gasteiger partial charge in [-0.3, -0.25) is 4.99 Å². The van der Waals surface area contributed by atoms with Crippen molar-refractivity contribution in [3.05, 3.63) is 59.8 Å². The van der Waals surface area contributed by atoms with E-state index in [-0.39, 0.29) is 29.9 Å². The van der Waals surface area contributed by atoms with Gasteiger partial charge in [0.25, 0.3) is 0 Å². The lowest BCUT2D eigenvalue weighted by molar-refractivity contribution is -0.154. The SMILES string of the molecule is CN=C(NCc1ccnc(OCC(F)(F)F)c1)N(C)Cc1ccccc1.I. The van der Waals surface area contributed by atoms with Crippen molar-refractivity contribution in [2.24, 2.45) is 4.99 Å². The van der Waals surface area contributed by atoms with Crippen LogP contribution in [0.5, 0.6) is 5.88 Å². The van der Waals surface area contributed by atoms with E-state index in [1.54, 1.807) is 13.1 Å². The van der Waals surface area contributed by atoms with Crippen LogP contribution in [0.2, 0.25) is 0 Å². The minimum Gasteiger partial charge on any atom is -0.468 e. The molecule has 0 saturated heterocycles. The van der Waals surface area contributed by atoms with Crippen LogP contribution in [-0.4, -0.2) is 42.7 Å². The fourth-order valence-electron chi connectivity index (χ4n) is 2.29. The zero-order valence-corrected chi connectivity index (χ0v) is 17.4. The Hall–Kier alpha value is -2.04. The quantitative estimate of drug-likeness (QED) is 0.377. The Labute approximate surface area is 173 Å². The molecule has 0 saturated carbocycles. The Bertz CT molecular complexity index is 726. The molecule has 1 aromatic carbocycles. The molecule has 1 heterocycles. The fraction of sp³-hybridized carbons (Fsp3) is 0.333. The van der Waals surface area contributed by atoms with E-state index in [1.807, 2.05) is 42.3 Å². The molecular weight excluding hydrogens is 472 g/mol. The summed E-state index contributed by atoms with van der Waals surface area (Å²) in [6.45, 7) is -0.300. The maximum atomic E-state index is 12.2. The Balaban J connectivity index is 0.00000364. The summed E-state index contributed by atoms with van der Waals surface area (Å²) < 4.78 is 41.3. The average molecular weight is 494 g/mol. The number of rotatable bonds is 6. The zero-order chi connectivity index (χ0) is 19.0. The van der Waals surface area contributed by atoms with Gasteiger partial charge in [0.15, 0.2) is 12.6 Å². The molecule has 27 heavy (non-hydrogen) atoms. The summed E-state index contributed by atoms with van der Waals surface area (Å²) in [5.41, 5.74) is 1.89. The highest BCUT2D eigenvalue weighted by atomic mass is 127. The number of hydrogen-bond donors (Lipinski definition) is 1. The third-order valence-electron chi connectivity index (χ3n) is 3.47. The van der Waals surface area contributed by atoms with Crippen LogP contribution in [0.3, 0.4) is 0 Å². The van der Waals surface area contributed by atoms with Crippen LogP contribution in [0.25, 0.3) is 0 Å². The third-order valence-corrected chi connectivity index (χ3v) is 3.47. The number of benzene rings is 1. The van der Waals surface area contributed by atoms with E-state index < -0.39 is 12.8 Å². The van der Waals surface area contributed by atoms with Crippen LogP contribution in [0.4, 0.5) is 13.2 Å². The van der Waals surface area contributed by atoms with Gasteiger partial charge in [-0.15, -0.1) is 24.0 Å². The summed E-state index contributed by atoms with van der Waals surface area (Å²) in [5, 5.41) is 3.18. The van der Waals surface area contributed by atoms with Gasteiger partial charge < -0.3 is 15.0 Å². The van der Waals surface area contributed by atoms with E-state index >= 15 is 0 Å². The highest BCUT2D eigenvalue weighted by Gasteiger charge is 2.28. The molecule has 0 radical (unpaired) electrons. The van der Waals surface area contributed by atoms with Gasteiger partial charge in [-0.1, -0.05) is 30.3 Å². The first-order valence-electron chi connectivity index (χ1n) is 7.97. The number of ether oxygens (including phenoxy) is 1. The summed E-state index contributed by atoms with van der Waals surface area (Å²) >= 11 is 0. The maximum Gasteiger partial charge on any atom is 0.422 e. The molecule has 0 aliphatic rings. The van der Waals surface area contributed by atoms with Gasteiger partial charge in [-0.05, 0) is 17.2 Å². The van der Waals surface area contributed by atoms with Crippen molar-refractivity contribution in [3.63, 3.8) is 0 Å². The largest absolute Gasteiger partial charge is 0.468 e. The molecule has 0 aliphatic heterocycles. The standard InChI is InChI=1S/C18H21F3N4O.HI/c1-22-17(25(2)12-14-6-4-3-5-7-14)24-11-15-8-9-23-16(10-15)26-13-18(19,20)21;/h3-10H,11-13H2,1-2H3,(H,22,24);1H. The van der Waals surface area contributed by atoms with Crippen molar-refractivity contribution < 1.29 is 17.9 Å². The van der Waals surface area contributed by atoms with Gasteiger partial charge in [-0.2, -0.15) is 13.2 Å². The Kier molecular flexibility index (Phi) is 9.33. The van der Waals surface area contributed by atoms with Crippen LogP contribution in [0.1, 0.15) is 11.1 Å². The number of aliphatic imine (C=N–C) groups is 1. The van der Waals surface area contributed by atoms with E-state index in [1.165, 1.54) is 12.3 Å². The van der Waals surface area contributed by atoms with E-state index in [4.69, 9.17) is 0 Å². The molecule has 0 amide bonds. The molecule has 2 rings (SSSR count). The number of alkyl halides is 3. The molecule has 0 fully saturated rings. The molecule has 9 heteroatoms. The van der Waals surface area contributed by atoms with Crippen molar-refractivity contribution in [2.45, 2.75) is 19.3 Å². The topological polar surface area (TPSA) is 49.8 Å². The minimum atomic E-state index is -4.39. The smallest absolute Gasteiger partial charge is 0.422 e. The van der Waals surface area contributed by atoms with Crippen LogP contribution in [0, 0.1) is 0 Å². The van der Waals surface area contributed by atoms with Gasteiger partial charge in [0, 0.05) is 39.4 Å². The van der Waals surface area contributed by atoms with Crippen molar-refractivity contribution in [2.75, 3.05) is 20.7 Å². The summed E-state index contributed by atoms with van der Waals surface area (Å²) in [5.74, 6) is 0.609. The third kappa shape index (κ3) is 8.46. The molecule has 5 nitrogen and oxygen atoms in total. The molecule has 2 aromatic rings. The number of hydrogen-bond acceptors (Lipinski definition) is 3. The lowest BCUT2D eigenvalue weighted by atomic mass is 10.2. The molecule has 1 aromatic heterocycles. The van der Waals surface area contributed by atoms with E-state index in [0.717, 1.165) is 11.1 Å². The van der Waals surface area contributed by atoms with E-state index in [2.05, 4.69) is 20.0 Å². The first kappa shape index (κ1) is 23.0. The summed E-state index contributed by atoms with van der Waals surface area (Å²) in [7, 11) is 3.58. The molecule has 0 unspecified atom stereocenters. The summed E-state index contributed by atoms with van der Waals surface area (Å²) in [6, 6.07) is 13.1. The van der Waals surface area contributed by atoms with Crippen LogP contribution >= 0.6 is 24.0 Å². The Morgan fingerprint density at radius 1 is 1.19 bits per heavy atom.